The zero-order valence-corrected chi connectivity index (χ0v) is 31.9. The molecule has 13 heteroatoms. The Morgan fingerprint density at radius 2 is 1.69 bits per heavy atom. The molecule has 1 atom stereocenters. The van der Waals surface area contributed by atoms with Gasteiger partial charge in [-0.25, -0.2) is 9.97 Å². The highest BCUT2D eigenvalue weighted by Gasteiger charge is 2.31. The van der Waals surface area contributed by atoms with Crippen molar-refractivity contribution < 1.29 is 9.59 Å². The van der Waals surface area contributed by atoms with Crippen LogP contribution in [0, 0.1) is 0 Å². The summed E-state index contributed by atoms with van der Waals surface area (Å²) in [6.07, 6.45) is 5.71. The molecular weight excluding hydrogens is 743 g/mol. The van der Waals surface area contributed by atoms with Crippen molar-refractivity contribution >= 4 is 69.0 Å². The van der Waals surface area contributed by atoms with Crippen molar-refractivity contribution in [2.24, 2.45) is 0 Å². The van der Waals surface area contributed by atoms with Gasteiger partial charge in [0.2, 0.25) is 5.91 Å². The van der Waals surface area contributed by atoms with Crippen molar-refractivity contribution in [1.82, 2.24) is 29.7 Å². The molecule has 2 saturated heterocycles. The number of nitrogens with one attached hydrogen (secondary N) is 3. The number of imidazole rings is 1. The molecule has 3 aromatic carbocycles. The number of pyridine rings is 1. The molecule has 2 aliphatic rings. The molecule has 276 valence electrons. The van der Waals surface area contributed by atoms with E-state index in [0.29, 0.717) is 68.6 Å². The zero-order valence-electron chi connectivity index (χ0n) is 29.7. The molecule has 5 heterocycles. The number of H-pyrrole nitrogens is 1. The fraction of sp³-hybridized carbons (Fsp3) is 0.268. The predicted molar refractivity (Wildman–Crippen MR) is 217 cm³/mol. The van der Waals surface area contributed by atoms with Gasteiger partial charge in [0.1, 0.15) is 5.69 Å². The molecule has 54 heavy (non-hydrogen) atoms. The number of carbonyl (C=O) groups excluding carboxylic acids is 2. The molecule has 2 fully saturated rings. The van der Waals surface area contributed by atoms with Crippen molar-refractivity contribution in [2.75, 3.05) is 42.9 Å². The first-order chi connectivity index (χ1) is 26.3. The van der Waals surface area contributed by atoms with Crippen LogP contribution in [0.1, 0.15) is 48.3 Å². The van der Waals surface area contributed by atoms with Crippen LogP contribution >= 0.6 is 34.8 Å². The summed E-state index contributed by atoms with van der Waals surface area (Å²) in [5, 5.41) is 8.95. The highest BCUT2D eigenvalue weighted by atomic mass is 35.5. The summed E-state index contributed by atoms with van der Waals surface area (Å²) in [6, 6.07) is 24.6. The summed E-state index contributed by atoms with van der Waals surface area (Å²) in [6.45, 7) is 5.73. The van der Waals surface area contributed by atoms with E-state index in [0.717, 1.165) is 54.7 Å². The van der Waals surface area contributed by atoms with E-state index in [9.17, 15) is 9.59 Å². The van der Waals surface area contributed by atoms with Crippen LogP contribution in [0.2, 0.25) is 15.1 Å². The maximum absolute atomic E-state index is 14.7. The quantitative estimate of drug-likeness (QED) is 0.143. The van der Waals surface area contributed by atoms with Gasteiger partial charge in [0.05, 0.1) is 29.4 Å². The maximum Gasteiger partial charge on any atom is 0.272 e. The van der Waals surface area contributed by atoms with E-state index in [1.54, 1.807) is 18.6 Å². The molecular formula is C41H39Cl3N8O2. The van der Waals surface area contributed by atoms with Gasteiger partial charge in [-0.05, 0) is 61.7 Å². The average Bonchev–Trinajstić information content (AvgIpc) is 3.71. The van der Waals surface area contributed by atoms with E-state index in [2.05, 4.69) is 25.1 Å². The maximum atomic E-state index is 14.7. The first-order valence-electron chi connectivity index (χ1n) is 18.2. The highest BCUT2D eigenvalue weighted by Crippen LogP contribution is 2.42. The third-order valence-corrected chi connectivity index (χ3v) is 11.3. The summed E-state index contributed by atoms with van der Waals surface area (Å²) in [4.78, 5) is 44.8. The fourth-order valence-electron chi connectivity index (χ4n) is 7.78. The van der Waals surface area contributed by atoms with E-state index >= 15 is 0 Å². The Morgan fingerprint density at radius 3 is 2.48 bits per heavy atom. The predicted octanol–water partition coefficient (Wildman–Crippen LogP) is 8.71. The molecule has 3 N–H and O–H groups in total. The average molecular weight is 782 g/mol. The summed E-state index contributed by atoms with van der Waals surface area (Å²) < 4.78 is 2.05. The van der Waals surface area contributed by atoms with Crippen molar-refractivity contribution in [2.45, 2.75) is 38.3 Å². The Morgan fingerprint density at radius 1 is 0.907 bits per heavy atom. The number of benzene rings is 3. The molecule has 1 unspecified atom stereocenters. The van der Waals surface area contributed by atoms with Crippen molar-refractivity contribution in [3.8, 4) is 22.5 Å². The normalized spacial score (nSPS) is 16.1. The summed E-state index contributed by atoms with van der Waals surface area (Å²) in [5.74, 6) is 0.560. The molecule has 6 aromatic rings. The Balaban J connectivity index is 1.18. The lowest BCUT2D eigenvalue weighted by molar-refractivity contribution is -0.133. The van der Waals surface area contributed by atoms with Crippen LogP contribution in [0.5, 0.6) is 0 Å². The van der Waals surface area contributed by atoms with Crippen LogP contribution < -0.4 is 15.5 Å². The lowest BCUT2D eigenvalue weighted by Gasteiger charge is -2.39. The van der Waals surface area contributed by atoms with Crippen LogP contribution in [0.3, 0.4) is 0 Å². The van der Waals surface area contributed by atoms with E-state index < -0.39 is 0 Å². The van der Waals surface area contributed by atoms with Gasteiger partial charge < -0.3 is 30.0 Å². The Labute approximate surface area is 328 Å². The van der Waals surface area contributed by atoms with Crippen LogP contribution in [0.15, 0.2) is 91.4 Å². The Hall–Kier alpha value is -4.87. The molecule has 0 aliphatic carbocycles. The van der Waals surface area contributed by atoms with Crippen LogP contribution in [-0.2, 0) is 4.79 Å². The Bertz CT molecular complexity index is 2330. The number of anilines is 2. The van der Waals surface area contributed by atoms with Crippen molar-refractivity contribution in [1.29, 1.82) is 0 Å². The lowest BCUT2D eigenvalue weighted by Crippen LogP contribution is -2.48. The molecule has 3 aromatic heterocycles. The first-order valence-corrected chi connectivity index (χ1v) is 19.3. The molecule has 2 aliphatic heterocycles. The summed E-state index contributed by atoms with van der Waals surface area (Å²) in [5.41, 5.74) is 5.53. The van der Waals surface area contributed by atoms with Gasteiger partial charge in [-0.1, -0.05) is 77.3 Å². The molecule has 0 bridgehead atoms. The zero-order chi connectivity index (χ0) is 37.3. The third kappa shape index (κ3) is 7.07. The van der Waals surface area contributed by atoms with Crippen LogP contribution in [0.25, 0.3) is 33.4 Å². The Kier molecular flexibility index (Phi) is 10.3. The number of hydrogen-bond acceptors (Lipinski definition) is 6. The smallest absolute Gasteiger partial charge is 0.272 e. The minimum atomic E-state index is -0.340. The molecule has 10 nitrogen and oxygen atoms in total. The highest BCUT2D eigenvalue weighted by molar-refractivity contribution is 6.35. The van der Waals surface area contributed by atoms with Gasteiger partial charge in [-0.2, -0.15) is 0 Å². The van der Waals surface area contributed by atoms with Gasteiger partial charge in [-0.3, -0.25) is 9.59 Å². The van der Waals surface area contributed by atoms with Gasteiger partial charge in [0, 0.05) is 88.5 Å². The molecule has 2 amide bonds. The fourth-order valence-corrected chi connectivity index (χ4v) is 8.52. The molecule has 0 spiro atoms. The third-order valence-electron chi connectivity index (χ3n) is 10.5. The lowest BCUT2D eigenvalue weighted by atomic mass is 9.99. The largest absolute Gasteiger partial charge is 0.355 e. The van der Waals surface area contributed by atoms with E-state index in [1.807, 2.05) is 84.6 Å². The van der Waals surface area contributed by atoms with Crippen molar-refractivity contribution in [3.63, 3.8) is 0 Å². The van der Waals surface area contributed by atoms with Gasteiger partial charge in [0.15, 0.2) is 5.82 Å². The second-order valence-corrected chi connectivity index (χ2v) is 15.0. The minimum Gasteiger partial charge on any atom is -0.355 e. The number of fused-ring (bicyclic) bond motifs is 1. The number of carbonyl (C=O) groups is 2. The van der Waals surface area contributed by atoms with Crippen LogP contribution in [-0.4, -0.2) is 75.0 Å². The second-order valence-electron chi connectivity index (χ2n) is 13.8. The number of hydrogen-bond donors (Lipinski definition) is 3. The van der Waals surface area contributed by atoms with Gasteiger partial charge in [0.25, 0.3) is 5.91 Å². The SMILES string of the molecule is CC(c1ccc(Cl)cc1Cl)n1cnc(-c2ccccc2)c1-c1c(C(=O)Nc2cccnc2N2CCC(N3CCNCCC3=O)CC2)[nH]c2cc(Cl)ccc12. The van der Waals surface area contributed by atoms with Gasteiger partial charge in [-0.15, -0.1) is 0 Å². The number of halogens is 3. The number of aromatic amines is 1. The van der Waals surface area contributed by atoms with Crippen molar-refractivity contribution in [3.05, 3.63) is 118 Å². The number of amides is 2. The molecule has 8 rings (SSSR count). The van der Waals surface area contributed by atoms with E-state index in [4.69, 9.17) is 44.8 Å². The standard InChI is InChI=1S/C41H39Cl3N8O2/c1-25(30-11-9-27(42)22-32(30)44)52-24-47-37(26-6-3-2-4-7-26)39(52)36-31-12-10-28(43)23-34(31)48-38(36)41(54)49-33-8-5-16-46-40(33)50-19-14-29(15-20-50)51-21-18-45-17-13-35(51)53/h2-12,16,22-25,29,45,48H,13-15,17-21H2,1H3,(H,49,54). The number of aromatic nitrogens is 4. The number of rotatable bonds is 8. The minimum absolute atomic E-state index is 0.185. The number of piperidine rings is 1. The summed E-state index contributed by atoms with van der Waals surface area (Å²) in [7, 11) is 0. The number of nitrogens with zero attached hydrogens (tertiary/aromatic N) is 5. The van der Waals surface area contributed by atoms with Gasteiger partial charge >= 0.3 is 0 Å². The topological polar surface area (TPSA) is 111 Å². The second kappa shape index (κ2) is 15.5. The molecule has 0 radical (unpaired) electrons. The summed E-state index contributed by atoms with van der Waals surface area (Å²) >= 11 is 19.6. The van der Waals surface area contributed by atoms with Crippen LogP contribution in [0.4, 0.5) is 11.5 Å². The first kappa shape index (κ1) is 36.1. The van der Waals surface area contributed by atoms with E-state index in [-0.39, 0.29) is 23.9 Å². The molecule has 0 saturated carbocycles. The van der Waals surface area contributed by atoms with E-state index in [1.165, 1.54) is 0 Å². The monoisotopic (exact) mass is 780 g/mol.